The van der Waals surface area contributed by atoms with Crippen molar-refractivity contribution in [2.75, 3.05) is 11.4 Å². The Kier molecular flexibility index (Phi) is 4.57. The molecule has 1 aromatic carbocycles. The molecule has 1 amide bonds. The maximum Gasteiger partial charge on any atom is 0.267 e. The highest BCUT2D eigenvalue weighted by molar-refractivity contribution is 5.97. The maximum absolute atomic E-state index is 12.8. The monoisotopic (exact) mass is 311 g/mol. The van der Waals surface area contributed by atoms with Gasteiger partial charge in [0.15, 0.2) is 6.10 Å². The van der Waals surface area contributed by atoms with Crippen LogP contribution >= 0.6 is 0 Å². The first-order valence-corrected chi connectivity index (χ1v) is 7.89. The molecule has 23 heavy (non-hydrogen) atoms. The molecule has 1 atom stereocenters. The van der Waals surface area contributed by atoms with E-state index in [-0.39, 0.29) is 5.91 Å². The van der Waals surface area contributed by atoms with E-state index in [2.05, 4.69) is 4.98 Å². The van der Waals surface area contributed by atoms with Crippen molar-refractivity contribution in [2.24, 2.45) is 5.73 Å². The van der Waals surface area contributed by atoms with Gasteiger partial charge in [-0.1, -0.05) is 12.1 Å². The molecular weight excluding hydrogens is 290 g/mol. The fraction of sp³-hybridized carbons (Fsp3) is 0.333. The van der Waals surface area contributed by atoms with E-state index in [0.29, 0.717) is 18.8 Å². The summed E-state index contributed by atoms with van der Waals surface area (Å²) in [7, 11) is 0. The molecule has 1 unspecified atom stereocenters. The number of aromatic nitrogens is 1. The van der Waals surface area contributed by atoms with Crippen LogP contribution in [0.4, 0.5) is 5.69 Å². The second-order valence-electron chi connectivity index (χ2n) is 5.66. The second kappa shape index (κ2) is 6.79. The summed E-state index contributed by atoms with van der Waals surface area (Å²) in [6, 6.07) is 9.56. The van der Waals surface area contributed by atoms with Crippen molar-refractivity contribution in [2.45, 2.75) is 32.4 Å². The summed E-state index contributed by atoms with van der Waals surface area (Å²) in [6.45, 7) is 2.98. The molecule has 1 aliphatic rings. The third-order valence-corrected chi connectivity index (χ3v) is 4.13. The zero-order valence-corrected chi connectivity index (χ0v) is 13.2. The second-order valence-corrected chi connectivity index (χ2v) is 5.66. The number of rotatable bonds is 4. The number of ether oxygens (including phenoxy) is 1. The Bertz CT molecular complexity index is 688. The van der Waals surface area contributed by atoms with Gasteiger partial charge >= 0.3 is 0 Å². The van der Waals surface area contributed by atoms with E-state index in [0.717, 1.165) is 24.1 Å². The molecule has 0 spiro atoms. The predicted molar refractivity (Wildman–Crippen MR) is 89.3 cm³/mol. The number of nitrogens with zero attached hydrogens (tertiary/aromatic N) is 2. The zero-order valence-electron chi connectivity index (χ0n) is 13.2. The number of pyridine rings is 1. The first-order chi connectivity index (χ1) is 11.2. The van der Waals surface area contributed by atoms with Crippen molar-refractivity contribution in [1.29, 1.82) is 0 Å². The van der Waals surface area contributed by atoms with Gasteiger partial charge in [0.1, 0.15) is 5.75 Å². The Morgan fingerprint density at radius 3 is 3.00 bits per heavy atom. The van der Waals surface area contributed by atoms with E-state index >= 15 is 0 Å². The van der Waals surface area contributed by atoms with Crippen LogP contribution in [0.3, 0.4) is 0 Å². The molecule has 0 aliphatic carbocycles. The highest BCUT2D eigenvalue weighted by Gasteiger charge is 2.28. The lowest BCUT2D eigenvalue weighted by Gasteiger charge is -2.32. The van der Waals surface area contributed by atoms with Crippen LogP contribution in [0.5, 0.6) is 5.75 Å². The number of anilines is 1. The average molecular weight is 311 g/mol. The minimum atomic E-state index is -0.563. The van der Waals surface area contributed by atoms with Crippen LogP contribution in [0.15, 0.2) is 42.7 Å². The van der Waals surface area contributed by atoms with Crippen LogP contribution < -0.4 is 15.4 Å². The Morgan fingerprint density at radius 2 is 2.26 bits per heavy atom. The minimum Gasteiger partial charge on any atom is -0.479 e. The standard InChI is InChI=1S/C18H21N3O2/c1-13(23-15-6-3-9-20-12-15)18(22)21-10-4-7-16-14(11-19)5-2-8-17(16)21/h2-3,5-6,8-9,12-13H,4,7,10-11,19H2,1H3. The minimum absolute atomic E-state index is 0.0380. The summed E-state index contributed by atoms with van der Waals surface area (Å²) >= 11 is 0. The third kappa shape index (κ3) is 3.19. The molecule has 0 saturated carbocycles. The predicted octanol–water partition coefficient (Wildman–Crippen LogP) is 2.29. The lowest BCUT2D eigenvalue weighted by atomic mass is 9.96. The van der Waals surface area contributed by atoms with Crippen molar-refractivity contribution in [3.63, 3.8) is 0 Å². The van der Waals surface area contributed by atoms with E-state index < -0.39 is 6.10 Å². The summed E-state index contributed by atoms with van der Waals surface area (Å²) in [5, 5.41) is 0. The van der Waals surface area contributed by atoms with Crippen LogP contribution in [0.2, 0.25) is 0 Å². The average Bonchev–Trinajstić information content (AvgIpc) is 2.60. The lowest BCUT2D eigenvalue weighted by molar-refractivity contribution is -0.124. The van der Waals surface area contributed by atoms with Gasteiger partial charge in [0.25, 0.3) is 5.91 Å². The van der Waals surface area contributed by atoms with Gasteiger partial charge in [-0.15, -0.1) is 0 Å². The van der Waals surface area contributed by atoms with Crippen molar-refractivity contribution in [3.05, 3.63) is 53.9 Å². The molecule has 2 N–H and O–H groups in total. The molecule has 1 aliphatic heterocycles. The number of carbonyl (C=O) groups excluding carboxylic acids is 1. The quantitative estimate of drug-likeness (QED) is 0.940. The third-order valence-electron chi connectivity index (χ3n) is 4.13. The van der Waals surface area contributed by atoms with Crippen molar-refractivity contribution in [3.8, 4) is 5.75 Å². The van der Waals surface area contributed by atoms with E-state index in [9.17, 15) is 4.79 Å². The fourth-order valence-corrected chi connectivity index (χ4v) is 3.01. The molecule has 120 valence electrons. The highest BCUT2D eigenvalue weighted by atomic mass is 16.5. The van der Waals surface area contributed by atoms with E-state index in [1.807, 2.05) is 23.1 Å². The van der Waals surface area contributed by atoms with Gasteiger partial charge in [0.2, 0.25) is 0 Å². The molecule has 2 aromatic rings. The molecule has 0 fully saturated rings. The number of amides is 1. The summed E-state index contributed by atoms with van der Waals surface area (Å²) in [4.78, 5) is 18.6. The van der Waals surface area contributed by atoms with Crippen molar-refractivity contribution >= 4 is 11.6 Å². The number of nitrogens with two attached hydrogens (primary N) is 1. The van der Waals surface area contributed by atoms with Gasteiger partial charge in [0, 0.05) is 25.0 Å². The van der Waals surface area contributed by atoms with Gasteiger partial charge in [-0.3, -0.25) is 9.78 Å². The van der Waals surface area contributed by atoms with Gasteiger partial charge in [-0.05, 0) is 49.1 Å². The number of fused-ring (bicyclic) bond motifs is 1. The molecule has 2 heterocycles. The van der Waals surface area contributed by atoms with Gasteiger partial charge in [-0.25, -0.2) is 0 Å². The molecule has 0 saturated heterocycles. The molecule has 1 aromatic heterocycles. The number of carbonyl (C=O) groups is 1. The SMILES string of the molecule is CC(Oc1cccnc1)C(=O)N1CCCc2c(CN)cccc21. The smallest absolute Gasteiger partial charge is 0.267 e. The number of hydrogen-bond acceptors (Lipinski definition) is 4. The lowest BCUT2D eigenvalue weighted by Crippen LogP contribution is -2.43. The number of hydrogen-bond donors (Lipinski definition) is 1. The first-order valence-electron chi connectivity index (χ1n) is 7.89. The maximum atomic E-state index is 12.8. The highest BCUT2D eigenvalue weighted by Crippen LogP contribution is 2.30. The summed E-state index contributed by atoms with van der Waals surface area (Å²) in [5.41, 5.74) is 9.08. The topological polar surface area (TPSA) is 68.5 Å². The van der Waals surface area contributed by atoms with Crippen LogP contribution in [-0.4, -0.2) is 23.5 Å². The van der Waals surface area contributed by atoms with Crippen LogP contribution in [0.25, 0.3) is 0 Å². The Morgan fingerprint density at radius 1 is 1.39 bits per heavy atom. The molecule has 5 heteroatoms. The van der Waals surface area contributed by atoms with Gasteiger partial charge < -0.3 is 15.4 Å². The number of benzene rings is 1. The normalized spacial score (nSPS) is 15.0. The largest absolute Gasteiger partial charge is 0.479 e. The van der Waals surface area contributed by atoms with Crippen LogP contribution in [0, 0.1) is 0 Å². The van der Waals surface area contributed by atoms with Crippen LogP contribution in [-0.2, 0) is 17.8 Å². The first kappa shape index (κ1) is 15.5. The van der Waals surface area contributed by atoms with E-state index in [4.69, 9.17) is 10.5 Å². The Labute approximate surface area is 136 Å². The summed E-state index contributed by atoms with van der Waals surface area (Å²) < 4.78 is 5.72. The Hall–Kier alpha value is -2.40. The van der Waals surface area contributed by atoms with Crippen molar-refractivity contribution < 1.29 is 9.53 Å². The Balaban J connectivity index is 1.81. The fourth-order valence-electron chi connectivity index (χ4n) is 3.01. The van der Waals surface area contributed by atoms with E-state index in [1.165, 1.54) is 5.56 Å². The molecule has 3 rings (SSSR count). The van der Waals surface area contributed by atoms with Crippen molar-refractivity contribution in [1.82, 2.24) is 4.98 Å². The molecule has 0 radical (unpaired) electrons. The van der Waals surface area contributed by atoms with Gasteiger partial charge in [0.05, 0.1) is 6.20 Å². The zero-order chi connectivity index (χ0) is 16.2. The molecular formula is C18H21N3O2. The van der Waals surface area contributed by atoms with Gasteiger partial charge in [-0.2, -0.15) is 0 Å². The molecule has 5 nitrogen and oxygen atoms in total. The molecule has 0 bridgehead atoms. The summed E-state index contributed by atoms with van der Waals surface area (Å²) in [5.74, 6) is 0.560. The van der Waals surface area contributed by atoms with E-state index in [1.54, 1.807) is 31.5 Å². The van der Waals surface area contributed by atoms with Crippen LogP contribution in [0.1, 0.15) is 24.5 Å². The summed E-state index contributed by atoms with van der Waals surface area (Å²) in [6.07, 6.45) is 4.63.